The van der Waals surface area contributed by atoms with Crippen molar-refractivity contribution in [2.75, 3.05) is 0 Å². The van der Waals surface area contributed by atoms with Gasteiger partial charge in [-0.05, 0) is 31.1 Å². The minimum atomic E-state index is 0.512. The normalized spacial score (nSPS) is 35.4. The lowest BCUT2D eigenvalue weighted by Gasteiger charge is -2.18. The molecule has 2 aliphatic carbocycles. The molecule has 76 valence electrons. The van der Waals surface area contributed by atoms with E-state index in [0.717, 1.165) is 16.8 Å². The summed E-state index contributed by atoms with van der Waals surface area (Å²) in [6.07, 6.45) is 5.63. The van der Waals surface area contributed by atoms with Gasteiger partial charge in [-0.3, -0.25) is 0 Å². The Kier molecular flexibility index (Phi) is 2.25. The van der Waals surface area contributed by atoms with Gasteiger partial charge in [0.15, 0.2) is 0 Å². The van der Waals surface area contributed by atoms with E-state index in [9.17, 15) is 0 Å². The Hall–Kier alpha value is -0.150. The molecule has 4 heteroatoms. The van der Waals surface area contributed by atoms with Crippen molar-refractivity contribution in [3.8, 4) is 0 Å². The molecule has 2 bridgehead atoms. The monoisotopic (exact) mass is 228 g/mol. The van der Waals surface area contributed by atoms with Gasteiger partial charge in [0.2, 0.25) is 0 Å². The average Bonchev–Trinajstić information content (AvgIpc) is 2.93. The van der Waals surface area contributed by atoms with Gasteiger partial charge >= 0.3 is 0 Å². The lowest BCUT2D eigenvalue weighted by Crippen LogP contribution is -2.07. The fraction of sp³-hybridized carbons (Fsp3) is 0.800. The Balaban J connectivity index is 1.82. The number of halogens is 1. The molecule has 1 heterocycles. The number of aromatic nitrogens is 2. The van der Waals surface area contributed by atoms with E-state index in [4.69, 9.17) is 11.6 Å². The molecule has 3 rings (SSSR count). The van der Waals surface area contributed by atoms with Gasteiger partial charge in [0.1, 0.15) is 10.0 Å². The van der Waals surface area contributed by atoms with Gasteiger partial charge in [0.05, 0.1) is 5.88 Å². The van der Waals surface area contributed by atoms with Gasteiger partial charge in [-0.25, -0.2) is 0 Å². The first-order chi connectivity index (χ1) is 6.86. The molecule has 0 spiro atoms. The number of fused-ring (bicyclic) bond motifs is 2. The van der Waals surface area contributed by atoms with Crippen LogP contribution in [0.4, 0.5) is 0 Å². The molecule has 0 aromatic carbocycles. The molecular weight excluding hydrogens is 216 g/mol. The third-order valence-corrected chi connectivity index (χ3v) is 5.12. The van der Waals surface area contributed by atoms with Crippen molar-refractivity contribution in [2.24, 2.45) is 11.8 Å². The molecular formula is C10H13ClN2S. The average molecular weight is 229 g/mol. The van der Waals surface area contributed by atoms with Crippen LogP contribution in [0.3, 0.4) is 0 Å². The summed E-state index contributed by atoms with van der Waals surface area (Å²) in [5.74, 6) is 3.10. The Morgan fingerprint density at radius 2 is 2.21 bits per heavy atom. The lowest BCUT2D eigenvalue weighted by atomic mass is 9.89. The minimum Gasteiger partial charge on any atom is -0.143 e. The van der Waals surface area contributed by atoms with Gasteiger partial charge in [0, 0.05) is 5.92 Å². The number of rotatable bonds is 2. The third-order valence-electron chi connectivity index (χ3n) is 3.65. The molecule has 3 unspecified atom stereocenters. The highest BCUT2D eigenvalue weighted by atomic mass is 35.5. The molecule has 0 aliphatic heterocycles. The van der Waals surface area contributed by atoms with Crippen LogP contribution in [0, 0.1) is 11.8 Å². The maximum Gasteiger partial charge on any atom is 0.132 e. The molecule has 0 saturated heterocycles. The zero-order chi connectivity index (χ0) is 9.54. The molecule has 2 saturated carbocycles. The summed E-state index contributed by atoms with van der Waals surface area (Å²) in [5.41, 5.74) is 0. The Morgan fingerprint density at radius 1 is 1.29 bits per heavy atom. The summed E-state index contributed by atoms with van der Waals surface area (Å²) in [5, 5.41) is 10.6. The quantitative estimate of drug-likeness (QED) is 0.727. The maximum atomic E-state index is 5.73. The van der Waals surface area contributed by atoms with Crippen LogP contribution in [0.2, 0.25) is 0 Å². The Bertz CT molecular complexity index is 339. The molecule has 2 fully saturated rings. The van der Waals surface area contributed by atoms with Crippen LogP contribution < -0.4 is 0 Å². The SMILES string of the molecule is ClCc1nnc(C2CC3CCC2C3)s1. The minimum absolute atomic E-state index is 0.512. The van der Waals surface area contributed by atoms with E-state index in [1.54, 1.807) is 11.3 Å². The smallest absolute Gasteiger partial charge is 0.132 e. The van der Waals surface area contributed by atoms with Crippen molar-refractivity contribution in [2.45, 2.75) is 37.5 Å². The van der Waals surface area contributed by atoms with Crippen LogP contribution in [0.25, 0.3) is 0 Å². The second-order valence-electron chi connectivity index (χ2n) is 4.45. The van der Waals surface area contributed by atoms with Crippen LogP contribution in [0.5, 0.6) is 0 Å². The first-order valence-corrected chi connectivity index (χ1v) is 6.60. The molecule has 2 nitrogen and oxygen atoms in total. The van der Waals surface area contributed by atoms with E-state index in [2.05, 4.69) is 10.2 Å². The van der Waals surface area contributed by atoms with Crippen molar-refractivity contribution >= 4 is 22.9 Å². The summed E-state index contributed by atoms with van der Waals surface area (Å²) in [6.45, 7) is 0. The summed E-state index contributed by atoms with van der Waals surface area (Å²) in [4.78, 5) is 0. The number of hydrogen-bond donors (Lipinski definition) is 0. The highest BCUT2D eigenvalue weighted by Gasteiger charge is 2.41. The summed E-state index contributed by atoms with van der Waals surface area (Å²) >= 11 is 7.45. The maximum absolute atomic E-state index is 5.73. The fourth-order valence-electron chi connectivity index (χ4n) is 3.02. The van der Waals surface area contributed by atoms with Crippen LogP contribution in [0.1, 0.15) is 41.6 Å². The van der Waals surface area contributed by atoms with E-state index < -0.39 is 0 Å². The molecule has 14 heavy (non-hydrogen) atoms. The molecule has 0 radical (unpaired) electrons. The van der Waals surface area contributed by atoms with Crippen molar-refractivity contribution in [1.29, 1.82) is 0 Å². The zero-order valence-corrected chi connectivity index (χ0v) is 9.52. The molecule has 1 aromatic heterocycles. The van der Waals surface area contributed by atoms with Crippen molar-refractivity contribution in [3.05, 3.63) is 10.0 Å². The second kappa shape index (κ2) is 3.46. The predicted octanol–water partition coefficient (Wildman–Crippen LogP) is 3.18. The topological polar surface area (TPSA) is 25.8 Å². The van der Waals surface area contributed by atoms with E-state index in [-0.39, 0.29) is 0 Å². The second-order valence-corrected chi connectivity index (χ2v) is 5.81. The Morgan fingerprint density at radius 3 is 2.79 bits per heavy atom. The number of alkyl halides is 1. The fourth-order valence-corrected chi connectivity index (χ4v) is 4.13. The summed E-state index contributed by atoms with van der Waals surface area (Å²) < 4.78 is 0. The van der Waals surface area contributed by atoms with Crippen LogP contribution in [-0.4, -0.2) is 10.2 Å². The highest BCUT2D eigenvalue weighted by molar-refractivity contribution is 7.11. The largest absolute Gasteiger partial charge is 0.143 e. The van der Waals surface area contributed by atoms with Crippen molar-refractivity contribution in [3.63, 3.8) is 0 Å². The summed E-state index contributed by atoms with van der Waals surface area (Å²) in [7, 11) is 0. The van der Waals surface area contributed by atoms with Crippen LogP contribution in [0.15, 0.2) is 0 Å². The molecule has 0 amide bonds. The van der Waals surface area contributed by atoms with E-state index in [1.165, 1.54) is 30.7 Å². The number of hydrogen-bond acceptors (Lipinski definition) is 3. The molecule has 1 aromatic rings. The van der Waals surface area contributed by atoms with Crippen LogP contribution >= 0.6 is 22.9 Å². The van der Waals surface area contributed by atoms with Gasteiger partial charge in [-0.2, -0.15) is 0 Å². The Labute approximate surface area is 92.7 Å². The van der Waals surface area contributed by atoms with E-state index in [1.807, 2.05) is 0 Å². The van der Waals surface area contributed by atoms with E-state index in [0.29, 0.717) is 11.8 Å². The molecule has 2 aliphatic rings. The number of nitrogens with zero attached hydrogens (tertiary/aromatic N) is 2. The van der Waals surface area contributed by atoms with Crippen molar-refractivity contribution in [1.82, 2.24) is 10.2 Å². The molecule has 3 atom stereocenters. The van der Waals surface area contributed by atoms with Crippen molar-refractivity contribution < 1.29 is 0 Å². The third kappa shape index (κ3) is 1.38. The van der Waals surface area contributed by atoms with Gasteiger partial charge in [-0.1, -0.05) is 17.8 Å². The van der Waals surface area contributed by atoms with Gasteiger partial charge in [0.25, 0.3) is 0 Å². The highest BCUT2D eigenvalue weighted by Crippen LogP contribution is 2.53. The van der Waals surface area contributed by atoms with Gasteiger partial charge < -0.3 is 0 Å². The summed E-state index contributed by atoms with van der Waals surface area (Å²) in [6, 6.07) is 0. The lowest BCUT2D eigenvalue weighted by molar-refractivity contribution is 0.417. The van der Waals surface area contributed by atoms with Crippen LogP contribution in [-0.2, 0) is 5.88 Å². The standard InChI is InChI=1S/C10H13ClN2S/c11-5-9-12-13-10(14-9)8-4-6-1-2-7(8)3-6/h6-8H,1-5H2. The first kappa shape index (κ1) is 9.10. The zero-order valence-electron chi connectivity index (χ0n) is 7.95. The van der Waals surface area contributed by atoms with Gasteiger partial charge in [-0.15, -0.1) is 21.8 Å². The molecule has 0 N–H and O–H groups in total. The van der Waals surface area contributed by atoms with E-state index >= 15 is 0 Å². The first-order valence-electron chi connectivity index (χ1n) is 5.25. The predicted molar refractivity (Wildman–Crippen MR) is 57.7 cm³/mol.